The number of rotatable bonds is 4. The smallest absolute Gasteiger partial charge is 0.317 e. The Balaban J connectivity index is 1.78. The van der Waals surface area contributed by atoms with Crippen LogP contribution in [0.3, 0.4) is 0 Å². The zero-order valence-corrected chi connectivity index (χ0v) is 13.0. The molecule has 23 heavy (non-hydrogen) atoms. The fourth-order valence-corrected chi connectivity index (χ4v) is 2.92. The van der Waals surface area contributed by atoms with E-state index in [-0.39, 0.29) is 17.9 Å². The van der Waals surface area contributed by atoms with Crippen molar-refractivity contribution in [2.24, 2.45) is 5.92 Å². The van der Waals surface area contributed by atoms with Gasteiger partial charge in [-0.2, -0.15) is 5.10 Å². The minimum Gasteiger partial charge on any atom is -0.338 e. The highest BCUT2D eigenvalue weighted by molar-refractivity contribution is 5.74. The Bertz CT molecular complexity index is 660. The van der Waals surface area contributed by atoms with Crippen LogP contribution in [0.2, 0.25) is 0 Å². The van der Waals surface area contributed by atoms with E-state index in [9.17, 15) is 9.18 Å². The molecule has 2 aromatic rings. The maximum atomic E-state index is 13.4. The predicted octanol–water partition coefficient (Wildman–Crippen LogP) is 2.19. The van der Waals surface area contributed by atoms with E-state index >= 15 is 0 Å². The highest BCUT2D eigenvalue weighted by Gasteiger charge is 2.38. The molecule has 0 spiro atoms. The van der Waals surface area contributed by atoms with Crippen molar-refractivity contribution >= 4 is 6.03 Å². The first kappa shape index (κ1) is 15.5. The Kier molecular flexibility index (Phi) is 4.55. The number of benzene rings is 1. The summed E-state index contributed by atoms with van der Waals surface area (Å²) in [6, 6.07) is 9.46. The maximum absolute atomic E-state index is 13.4. The van der Waals surface area contributed by atoms with Gasteiger partial charge in [-0.25, -0.2) is 9.78 Å². The molecule has 2 N–H and O–H groups in total. The average molecular weight is 317 g/mol. The zero-order valence-electron chi connectivity index (χ0n) is 13.0. The van der Waals surface area contributed by atoms with E-state index in [0.29, 0.717) is 31.3 Å². The van der Waals surface area contributed by atoms with Crippen LogP contribution in [0.1, 0.15) is 18.7 Å². The van der Waals surface area contributed by atoms with E-state index < -0.39 is 6.67 Å². The number of halogens is 1. The lowest BCUT2D eigenvalue weighted by Gasteiger charge is -2.15. The number of nitrogens with one attached hydrogen (secondary N) is 2. The molecule has 1 saturated heterocycles. The van der Waals surface area contributed by atoms with E-state index in [2.05, 4.69) is 20.5 Å². The Hall–Kier alpha value is -2.44. The molecule has 3 rings (SSSR count). The summed E-state index contributed by atoms with van der Waals surface area (Å²) in [5, 5.41) is 9.90. The van der Waals surface area contributed by atoms with Gasteiger partial charge in [0, 0.05) is 37.0 Å². The second-order valence-corrected chi connectivity index (χ2v) is 5.67. The van der Waals surface area contributed by atoms with Crippen molar-refractivity contribution in [1.82, 2.24) is 25.4 Å². The highest BCUT2D eigenvalue weighted by Crippen LogP contribution is 2.32. The van der Waals surface area contributed by atoms with Crippen LogP contribution in [0.4, 0.5) is 9.18 Å². The van der Waals surface area contributed by atoms with Crippen LogP contribution in [-0.4, -0.2) is 52.4 Å². The summed E-state index contributed by atoms with van der Waals surface area (Å²) in [5.41, 5.74) is 0.908. The van der Waals surface area contributed by atoms with Crippen molar-refractivity contribution in [3.63, 3.8) is 0 Å². The van der Waals surface area contributed by atoms with Gasteiger partial charge in [-0.05, 0) is 6.92 Å². The van der Waals surface area contributed by atoms with Crippen LogP contribution >= 0.6 is 0 Å². The van der Waals surface area contributed by atoms with Gasteiger partial charge in [0.25, 0.3) is 0 Å². The molecular weight excluding hydrogens is 297 g/mol. The molecule has 122 valence electrons. The topological polar surface area (TPSA) is 73.9 Å². The third-order valence-corrected chi connectivity index (χ3v) is 4.14. The molecule has 1 fully saturated rings. The normalized spacial score (nSPS) is 20.7. The second kappa shape index (κ2) is 6.76. The van der Waals surface area contributed by atoms with Crippen LogP contribution in [0, 0.1) is 5.92 Å². The molecule has 0 saturated carbocycles. The van der Waals surface area contributed by atoms with Gasteiger partial charge in [-0.15, -0.1) is 0 Å². The molecule has 2 atom stereocenters. The summed E-state index contributed by atoms with van der Waals surface area (Å²) < 4.78 is 13.4. The van der Waals surface area contributed by atoms with E-state index in [4.69, 9.17) is 0 Å². The van der Waals surface area contributed by atoms with Crippen molar-refractivity contribution in [3.05, 3.63) is 36.2 Å². The molecule has 1 aromatic heterocycles. The highest BCUT2D eigenvalue weighted by atomic mass is 19.1. The number of nitrogens with zero attached hydrogens (tertiary/aromatic N) is 3. The number of likely N-dealkylation sites (tertiary alicyclic amines) is 1. The average Bonchev–Trinajstić information content (AvgIpc) is 3.22. The number of hydrogen-bond donors (Lipinski definition) is 2. The summed E-state index contributed by atoms with van der Waals surface area (Å²) >= 11 is 0. The summed E-state index contributed by atoms with van der Waals surface area (Å²) in [7, 11) is 0. The molecule has 1 aromatic carbocycles. The number of aromatic amines is 1. The molecule has 0 unspecified atom stereocenters. The minimum atomic E-state index is -0.484. The van der Waals surface area contributed by atoms with Gasteiger partial charge >= 0.3 is 6.03 Å². The van der Waals surface area contributed by atoms with E-state index in [1.165, 1.54) is 0 Å². The van der Waals surface area contributed by atoms with Gasteiger partial charge in [-0.1, -0.05) is 30.3 Å². The van der Waals surface area contributed by atoms with Crippen molar-refractivity contribution in [2.45, 2.75) is 12.8 Å². The summed E-state index contributed by atoms with van der Waals surface area (Å²) in [5.74, 6) is 0.815. The fourth-order valence-electron chi connectivity index (χ4n) is 2.92. The van der Waals surface area contributed by atoms with Gasteiger partial charge in [0.15, 0.2) is 5.82 Å². The minimum absolute atomic E-state index is 0.156. The molecule has 0 radical (unpaired) electrons. The number of urea groups is 1. The third kappa shape index (κ3) is 3.18. The number of alkyl halides is 1. The molecule has 1 aliphatic rings. The number of aromatic nitrogens is 3. The molecule has 1 aliphatic heterocycles. The molecule has 0 bridgehead atoms. The lowest BCUT2D eigenvalue weighted by atomic mass is 9.97. The van der Waals surface area contributed by atoms with Crippen molar-refractivity contribution in [3.8, 4) is 11.4 Å². The first-order chi connectivity index (χ1) is 11.2. The van der Waals surface area contributed by atoms with Crippen LogP contribution in [0.25, 0.3) is 11.4 Å². The first-order valence-corrected chi connectivity index (χ1v) is 7.79. The Labute approximate surface area is 134 Å². The maximum Gasteiger partial charge on any atom is 0.317 e. The van der Waals surface area contributed by atoms with Gasteiger partial charge in [-0.3, -0.25) is 9.49 Å². The molecule has 2 heterocycles. The Morgan fingerprint density at radius 3 is 2.87 bits per heavy atom. The van der Waals surface area contributed by atoms with E-state index in [0.717, 1.165) is 5.56 Å². The van der Waals surface area contributed by atoms with E-state index in [1.54, 1.807) is 4.90 Å². The number of hydrogen-bond acceptors (Lipinski definition) is 3. The molecule has 7 heteroatoms. The third-order valence-electron chi connectivity index (χ3n) is 4.14. The van der Waals surface area contributed by atoms with Gasteiger partial charge < -0.3 is 10.2 Å². The van der Waals surface area contributed by atoms with Crippen LogP contribution in [0.15, 0.2) is 30.3 Å². The number of amides is 2. The monoisotopic (exact) mass is 317 g/mol. The summed E-state index contributed by atoms with van der Waals surface area (Å²) in [4.78, 5) is 18.1. The second-order valence-electron chi connectivity index (χ2n) is 5.67. The van der Waals surface area contributed by atoms with Crippen LogP contribution < -0.4 is 5.32 Å². The van der Waals surface area contributed by atoms with Crippen LogP contribution in [-0.2, 0) is 0 Å². The standard InChI is InChI=1S/C16H20FN5O/c1-2-18-16(23)22-9-12(8-17)13(10-22)15-19-14(20-21-15)11-6-4-3-5-7-11/h3-7,12-13H,2,8-10H2,1H3,(H,18,23)(H,19,20,21)/t12-,13-/m1/s1. The van der Waals surface area contributed by atoms with Crippen molar-refractivity contribution in [1.29, 1.82) is 0 Å². The van der Waals surface area contributed by atoms with Gasteiger partial charge in [0.05, 0.1) is 6.67 Å². The van der Waals surface area contributed by atoms with E-state index in [1.807, 2.05) is 37.3 Å². The molecule has 0 aliphatic carbocycles. The molecular formula is C16H20FN5O. The SMILES string of the molecule is CCNC(=O)N1C[C@@H](CF)[C@H](c2nc(-c3ccccc3)n[nH]2)C1. The van der Waals surface area contributed by atoms with Crippen molar-refractivity contribution in [2.75, 3.05) is 26.3 Å². The summed E-state index contributed by atoms with van der Waals surface area (Å²) in [6.45, 7) is 2.78. The first-order valence-electron chi connectivity index (χ1n) is 7.79. The molecule has 2 amide bonds. The summed E-state index contributed by atoms with van der Waals surface area (Å²) in [6.07, 6.45) is 0. The lowest BCUT2D eigenvalue weighted by Crippen LogP contribution is -2.38. The number of H-pyrrole nitrogens is 1. The predicted molar refractivity (Wildman–Crippen MR) is 84.7 cm³/mol. The quantitative estimate of drug-likeness (QED) is 0.908. The Morgan fingerprint density at radius 2 is 2.17 bits per heavy atom. The fraction of sp³-hybridized carbons (Fsp3) is 0.438. The number of carbonyl (C=O) groups is 1. The van der Waals surface area contributed by atoms with Gasteiger partial charge in [0.2, 0.25) is 0 Å². The number of carbonyl (C=O) groups excluding carboxylic acids is 1. The van der Waals surface area contributed by atoms with Crippen LogP contribution in [0.5, 0.6) is 0 Å². The molecule has 6 nitrogen and oxygen atoms in total. The lowest BCUT2D eigenvalue weighted by molar-refractivity contribution is 0.206. The van der Waals surface area contributed by atoms with Gasteiger partial charge in [0.1, 0.15) is 5.82 Å². The largest absolute Gasteiger partial charge is 0.338 e. The zero-order chi connectivity index (χ0) is 16.2. The Morgan fingerprint density at radius 1 is 1.39 bits per heavy atom. The van der Waals surface area contributed by atoms with Crippen molar-refractivity contribution < 1.29 is 9.18 Å².